The minimum Gasteiger partial charge on any atom is -0.481 e. The van der Waals surface area contributed by atoms with Crippen molar-refractivity contribution in [2.75, 3.05) is 39.8 Å². The van der Waals surface area contributed by atoms with Gasteiger partial charge < -0.3 is 14.9 Å². The Hall–Kier alpha value is -0.610. The molecule has 4 heteroatoms. The van der Waals surface area contributed by atoms with E-state index in [1.54, 1.807) is 0 Å². The van der Waals surface area contributed by atoms with Gasteiger partial charge in [0.05, 0.1) is 5.41 Å². The maximum absolute atomic E-state index is 11.2. The minimum atomic E-state index is -0.687. The first-order chi connectivity index (χ1) is 7.98. The molecule has 0 aliphatic carbocycles. The lowest BCUT2D eigenvalue weighted by Gasteiger charge is -2.30. The Labute approximate surface area is 105 Å². The van der Waals surface area contributed by atoms with Gasteiger partial charge in [-0.1, -0.05) is 6.92 Å². The third-order valence-corrected chi connectivity index (χ3v) is 3.91. The first kappa shape index (κ1) is 14.5. The molecule has 1 unspecified atom stereocenters. The van der Waals surface area contributed by atoms with Gasteiger partial charge in [0, 0.05) is 19.6 Å². The summed E-state index contributed by atoms with van der Waals surface area (Å²) in [4.78, 5) is 15.8. The van der Waals surface area contributed by atoms with Crippen LogP contribution in [0.4, 0.5) is 0 Å². The standard InChI is InChI=1S/C13H26N2O2/c1-4-13(2,12(16)17)11-14(3)9-10-15-7-5-6-8-15/h4-11H2,1-3H3,(H,16,17). The van der Waals surface area contributed by atoms with Crippen LogP contribution in [0.5, 0.6) is 0 Å². The van der Waals surface area contributed by atoms with E-state index in [1.807, 2.05) is 20.9 Å². The van der Waals surface area contributed by atoms with Crippen molar-refractivity contribution in [2.45, 2.75) is 33.1 Å². The second kappa shape index (κ2) is 6.36. The fourth-order valence-electron chi connectivity index (χ4n) is 2.32. The molecule has 0 radical (unpaired) electrons. The Morgan fingerprint density at radius 2 is 2.00 bits per heavy atom. The average molecular weight is 242 g/mol. The number of carboxylic acid groups (broad SMARTS) is 1. The van der Waals surface area contributed by atoms with Crippen LogP contribution in [0.2, 0.25) is 0 Å². The fourth-order valence-corrected chi connectivity index (χ4v) is 2.32. The van der Waals surface area contributed by atoms with Crippen molar-refractivity contribution in [1.29, 1.82) is 0 Å². The lowest BCUT2D eigenvalue weighted by molar-refractivity contribution is -0.149. The SMILES string of the molecule is CCC(C)(CN(C)CCN1CCCC1)C(=O)O. The van der Waals surface area contributed by atoms with E-state index in [9.17, 15) is 9.90 Å². The molecule has 1 saturated heterocycles. The second-order valence-corrected chi connectivity index (χ2v) is 5.51. The van der Waals surface area contributed by atoms with Crippen LogP contribution in [-0.4, -0.2) is 60.6 Å². The number of likely N-dealkylation sites (tertiary alicyclic amines) is 1. The highest BCUT2D eigenvalue weighted by Crippen LogP contribution is 2.22. The molecular formula is C13H26N2O2. The summed E-state index contributed by atoms with van der Waals surface area (Å²) < 4.78 is 0. The monoisotopic (exact) mass is 242 g/mol. The van der Waals surface area contributed by atoms with Gasteiger partial charge in [-0.3, -0.25) is 4.79 Å². The predicted octanol–water partition coefficient (Wildman–Crippen LogP) is 1.51. The molecule has 0 saturated carbocycles. The largest absolute Gasteiger partial charge is 0.481 e. The fraction of sp³-hybridized carbons (Fsp3) is 0.923. The Morgan fingerprint density at radius 3 is 2.47 bits per heavy atom. The summed E-state index contributed by atoms with van der Waals surface area (Å²) in [5.74, 6) is -0.687. The molecule has 0 amide bonds. The van der Waals surface area contributed by atoms with Gasteiger partial charge in [-0.2, -0.15) is 0 Å². The molecule has 1 fully saturated rings. The molecule has 4 nitrogen and oxygen atoms in total. The first-order valence-corrected chi connectivity index (χ1v) is 6.62. The zero-order valence-electron chi connectivity index (χ0n) is 11.4. The highest BCUT2D eigenvalue weighted by Gasteiger charge is 2.32. The zero-order chi connectivity index (χ0) is 12.9. The van der Waals surface area contributed by atoms with E-state index in [1.165, 1.54) is 25.9 Å². The van der Waals surface area contributed by atoms with Crippen LogP contribution in [-0.2, 0) is 4.79 Å². The Balaban J connectivity index is 2.31. The molecule has 0 aromatic rings. The molecule has 1 aliphatic rings. The molecule has 0 aromatic heterocycles. The highest BCUT2D eigenvalue weighted by molar-refractivity contribution is 5.74. The molecule has 1 aliphatic heterocycles. The van der Waals surface area contributed by atoms with E-state index in [0.29, 0.717) is 13.0 Å². The molecule has 0 bridgehead atoms. The van der Waals surface area contributed by atoms with Crippen molar-refractivity contribution in [3.05, 3.63) is 0 Å². The van der Waals surface area contributed by atoms with Crippen molar-refractivity contribution >= 4 is 5.97 Å². The van der Waals surface area contributed by atoms with Crippen molar-refractivity contribution in [1.82, 2.24) is 9.80 Å². The zero-order valence-corrected chi connectivity index (χ0v) is 11.4. The molecule has 1 atom stereocenters. The number of hydrogen-bond donors (Lipinski definition) is 1. The molecule has 100 valence electrons. The van der Waals surface area contributed by atoms with E-state index >= 15 is 0 Å². The molecular weight excluding hydrogens is 216 g/mol. The minimum absolute atomic E-state index is 0.611. The Bertz CT molecular complexity index is 252. The predicted molar refractivity (Wildman–Crippen MR) is 69.2 cm³/mol. The van der Waals surface area contributed by atoms with E-state index < -0.39 is 11.4 Å². The van der Waals surface area contributed by atoms with E-state index in [0.717, 1.165) is 13.1 Å². The summed E-state index contributed by atoms with van der Waals surface area (Å²) in [5, 5.41) is 9.22. The lowest BCUT2D eigenvalue weighted by Crippen LogP contribution is -2.41. The van der Waals surface area contributed by atoms with Crippen molar-refractivity contribution in [2.24, 2.45) is 5.41 Å². The van der Waals surface area contributed by atoms with Gasteiger partial charge in [0.2, 0.25) is 0 Å². The summed E-state index contributed by atoms with van der Waals surface area (Å²) in [6, 6.07) is 0. The molecule has 1 rings (SSSR count). The number of carbonyl (C=O) groups is 1. The third kappa shape index (κ3) is 4.28. The molecule has 0 aromatic carbocycles. The van der Waals surface area contributed by atoms with Crippen LogP contribution in [0, 0.1) is 5.41 Å². The third-order valence-electron chi connectivity index (χ3n) is 3.91. The van der Waals surface area contributed by atoms with Gasteiger partial charge >= 0.3 is 5.97 Å². The van der Waals surface area contributed by atoms with Crippen LogP contribution < -0.4 is 0 Å². The van der Waals surface area contributed by atoms with E-state index in [4.69, 9.17) is 0 Å². The van der Waals surface area contributed by atoms with Crippen LogP contribution in [0.15, 0.2) is 0 Å². The number of carboxylic acids is 1. The van der Waals surface area contributed by atoms with Gasteiger partial charge in [0.15, 0.2) is 0 Å². The highest BCUT2D eigenvalue weighted by atomic mass is 16.4. The van der Waals surface area contributed by atoms with Gasteiger partial charge in [0.1, 0.15) is 0 Å². The van der Waals surface area contributed by atoms with Crippen LogP contribution in [0.3, 0.4) is 0 Å². The van der Waals surface area contributed by atoms with E-state index in [2.05, 4.69) is 9.80 Å². The van der Waals surface area contributed by atoms with Crippen LogP contribution in [0.25, 0.3) is 0 Å². The van der Waals surface area contributed by atoms with Gasteiger partial charge in [-0.15, -0.1) is 0 Å². The maximum Gasteiger partial charge on any atom is 0.310 e. The summed E-state index contributed by atoms with van der Waals surface area (Å²) in [5.41, 5.74) is -0.611. The summed E-state index contributed by atoms with van der Waals surface area (Å²) in [7, 11) is 2.02. The van der Waals surface area contributed by atoms with Gasteiger partial charge in [0.25, 0.3) is 0 Å². The maximum atomic E-state index is 11.2. The number of aliphatic carboxylic acids is 1. The molecule has 1 heterocycles. The number of likely N-dealkylation sites (N-methyl/N-ethyl adjacent to an activating group) is 1. The van der Waals surface area contributed by atoms with Crippen molar-refractivity contribution < 1.29 is 9.90 Å². The quantitative estimate of drug-likeness (QED) is 0.735. The topological polar surface area (TPSA) is 43.8 Å². The summed E-state index contributed by atoms with van der Waals surface area (Å²) in [6.07, 6.45) is 3.30. The number of hydrogen-bond acceptors (Lipinski definition) is 3. The van der Waals surface area contributed by atoms with Crippen molar-refractivity contribution in [3.63, 3.8) is 0 Å². The van der Waals surface area contributed by atoms with E-state index in [-0.39, 0.29) is 0 Å². The van der Waals surface area contributed by atoms with Crippen molar-refractivity contribution in [3.8, 4) is 0 Å². The summed E-state index contributed by atoms with van der Waals surface area (Å²) >= 11 is 0. The van der Waals surface area contributed by atoms with Crippen LogP contribution >= 0.6 is 0 Å². The Kier molecular flexibility index (Phi) is 5.40. The number of rotatable bonds is 7. The molecule has 17 heavy (non-hydrogen) atoms. The lowest BCUT2D eigenvalue weighted by atomic mass is 9.87. The van der Waals surface area contributed by atoms with Gasteiger partial charge in [-0.05, 0) is 46.3 Å². The summed E-state index contributed by atoms with van der Waals surface area (Å²) in [6.45, 7) is 8.85. The Morgan fingerprint density at radius 1 is 1.41 bits per heavy atom. The number of nitrogens with zero attached hydrogens (tertiary/aromatic N) is 2. The molecule has 1 N–H and O–H groups in total. The van der Waals surface area contributed by atoms with Crippen LogP contribution in [0.1, 0.15) is 33.1 Å². The first-order valence-electron chi connectivity index (χ1n) is 6.62. The molecule has 0 spiro atoms. The average Bonchev–Trinajstić information content (AvgIpc) is 2.78. The smallest absolute Gasteiger partial charge is 0.310 e. The van der Waals surface area contributed by atoms with Gasteiger partial charge in [-0.25, -0.2) is 0 Å². The second-order valence-electron chi connectivity index (χ2n) is 5.51. The normalized spacial score (nSPS) is 20.7.